The zero-order chi connectivity index (χ0) is 21.8. The number of thioether (sulfide) groups is 1. The lowest BCUT2D eigenvalue weighted by Crippen LogP contribution is -2.31. The minimum Gasteiger partial charge on any atom is -0.325 e. The number of nitrogens with one attached hydrogen (secondary N) is 2. The number of allylic oxidation sites excluding steroid dienone is 1. The lowest BCUT2D eigenvalue weighted by atomic mass is 9.87. The van der Waals surface area contributed by atoms with Crippen LogP contribution in [-0.2, 0) is 9.59 Å². The van der Waals surface area contributed by atoms with Crippen LogP contribution >= 0.6 is 27.7 Å². The van der Waals surface area contributed by atoms with E-state index >= 15 is 0 Å². The second-order valence-electron chi connectivity index (χ2n) is 6.96. The molecule has 5 nitrogen and oxygen atoms in total. The molecule has 0 aromatic heterocycles. The molecular weight excluding hydrogens is 469 g/mol. The monoisotopic (exact) mass is 487 g/mol. The van der Waals surface area contributed by atoms with Crippen molar-refractivity contribution in [1.82, 2.24) is 5.32 Å². The Kier molecular flexibility index (Phi) is 6.95. The fourth-order valence-corrected chi connectivity index (χ4v) is 4.90. The van der Waals surface area contributed by atoms with E-state index in [0.717, 1.165) is 33.0 Å². The van der Waals surface area contributed by atoms with Gasteiger partial charge in [-0.25, -0.2) is 4.39 Å². The van der Waals surface area contributed by atoms with Crippen molar-refractivity contribution in [2.45, 2.75) is 26.2 Å². The van der Waals surface area contributed by atoms with Gasteiger partial charge in [0.2, 0.25) is 11.8 Å². The van der Waals surface area contributed by atoms with Crippen LogP contribution in [0.25, 0.3) is 0 Å². The van der Waals surface area contributed by atoms with Gasteiger partial charge in [0.05, 0.1) is 22.4 Å². The number of carbonyl (C=O) groups is 2. The van der Waals surface area contributed by atoms with E-state index in [9.17, 15) is 19.2 Å². The minimum absolute atomic E-state index is 0.0336. The summed E-state index contributed by atoms with van der Waals surface area (Å²) in [6.07, 6.45) is 0.0993. The number of aryl methyl sites for hydroxylation is 2. The number of benzene rings is 2. The van der Waals surface area contributed by atoms with Crippen molar-refractivity contribution in [1.29, 1.82) is 5.26 Å². The molecular formula is C22H19BrFN3O2S. The smallest absolute Gasteiger partial charge is 0.234 e. The van der Waals surface area contributed by atoms with E-state index in [0.29, 0.717) is 16.2 Å². The SMILES string of the molecule is Cc1cc(Br)cc(C)c1NC(=O)CSC1=C(C#N)[C@H](c2ccc(F)cc2)CC(=O)N1. The molecule has 0 spiro atoms. The van der Waals surface area contributed by atoms with Crippen molar-refractivity contribution in [3.63, 3.8) is 0 Å². The molecule has 2 aromatic carbocycles. The summed E-state index contributed by atoms with van der Waals surface area (Å²) in [5.41, 5.74) is 3.66. The van der Waals surface area contributed by atoms with Gasteiger partial charge in [0.15, 0.2) is 0 Å². The third-order valence-electron chi connectivity index (χ3n) is 4.74. The fraction of sp³-hybridized carbons (Fsp3) is 0.227. The van der Waals surface area contributed by atoms with Crippen molar-refractivity contribution < 1.29 is 14.0 Å². The summed E-state index contributed by atoms with van der Waals surface area (Å²) in [7, 11) is 0. The van der Waals surface area contributed by atoms with Crippen LogP contribution in [0.5, 0.6) is 0 Å². The van der Waals surface area contributed by atoms with Crippen LogP contribution in [0.2, 0.25) is 0 Å². The van der Waals surface area contributed by atoms with Gasteiger partial charge < -0.3 is 10.6 Å². The number of halogens is 2. The van der Waals surface area contributed by atoms with Gasteiger partial charge in [0.25, 0.3) is 0 Å². The molecule has 30 heavy (non-hydrogen) atoms. The molecule has 3 rings (SSSR count). The third kappa shape index (κ3) is 5.10. The van der Waals surface area contributed by atoms with Crippen LogP contribution in [0.1, 0.15) is 29.0 Å². The Morgan fingerprint density at radius 3 is 2.53 bits per heavy atom. The molecule has 2 aromatic rings. The first-order valence-corrected chi connectivity index (χ1v) is 10.9. The van der Waals surface area contributed by atoms with E-state index < -0.39 is 5.92 Å². The Morgan fingerprint density at radius 2 is 1.93 bits per heavy atom. The molecule has 1 aliphatic heterocycles. The second-order valence-corrected chi connectivity index (χ2v) is 8.86. The second kappa shape index (κ2) is 9.45. The van der Waals surface area contributed by atoms with E-state index in [4.69, 9.17) is 0 Å². The lowest BCUT2D eigenvalue weighted by molar-refractivity contribution is -0.121. The van der Waals surface area contributed by atoms with Crippen molar-refractivity contribution >= 4 is 45.2 Å². The zero-order valence-electron chi connectivity index (χ0n) is 16.4. The highest BCUT2D eigenvalue weighted by Gasteiger charge is 2.30. The number of carbonyl (C=O) groups excluding carboxylic acids is 2. The van der Waals surface area contributed by atoms with Gasteiger partial charge >= 0.3 is 0 Å². The van der Waals surface area contributed by atoms with E-state index in [1.54, 1.807) is 12.1 Å². The third-order valence-corrected chi connectivity index (χ3v) is 6.21. The number of hydrogen-bond acceptors (Lipinski definition) is 4. The number of nitriles is 1. The van der Waals surface area contributed by atoms with Crippen molar-refractivity contribution in [2.75, 3.05) is 11.1 Å². The number of nitrogens with zero attached hydrogens (tertiary/aromatic N) is 1. The van der Waals surface area contributed by atoms with Gasteiger partial charge in [-0.1, -0.05) is 39.8 Å². The molecule has 1 heterocycles. The van der Waals surface area contributed by atoms with Gasteiger partial charge in [-0.15, -0.1) is 0 Å². The van der Waals surface area contributed by atoms with Crippen LogP contribution < -0.4 is 10.6 Å². The Hall–Kier alpha value is -2.63. The first-order chi connectivity index (χ1) is 14.3. The maximum Gasteiger partial charge on any atom is 0.234 e. The lowest BCUT2D eigenvalue weighted by Gasteiger charge is -2.25. The van der Waals surface area contributed by atoms with E-state index in [1.165, 1.54) is 12.1 Å². The summed E-state index contributed by atoms with van der Waals surface area (Å²) in [6.45, 7) is 3.82. The predicted molar refractivity (Wildman–Crippen MR) is 119 cm³/mol. The first-order valence-electron chi connectivity index (χ1n) is 9.17. The Morgan fingerprint density at radius 1 is 1.30 bits per heavy atom. The van der Waals surface area contributed by atoms with Crippen LogP contribution in [0.3, 0.4) is 0 Å². The highest BCUT2D eigenvalue weighted by atomic mass is 79.9. The van der Waals surface area contributed by atoms with Crippen LogP contribution in [0.15, 0.2) is 51.5 Å². The largest absolute Gasteiger partial charge is 0.325 e. The van der Waals surface area contributed by atoms with Crippen LogP contribution in [0, 0.1) is 31.0 Å². The Balaban J connectivity index is 1.77. The number of anilines is 1. The van der Waals surface area contributed by atoms with Gasteiger partial charge in [0.1, 0.15) is 5.82 Å². The average molecular weight is 488 g/mol. The summed E-state index contributed by atoms with van der Waals surface area (Å²) < 4.78 is 14.2. The molecule has 0 fully saturated rings. The molecule has 0 aliphatic carbocycles. The number of amides is 2. The molecule has 2 amide bonds. The molecule has 154 valence electrons. The van der Waals surface area contributed by atoms with Gasteiger partial charge in [0, 0.05) is 22.5 Å². The zero-order valence-corrected chi connectivity index (χ0v) is 18.8. The first kappa shape index (κ1) is 22.1. The van der Waals surface area contributed by atoms with Crippen molar-refractivity contribution in [2.24, 2.45) is 0 Å². The van der Waals surface area contributed by atoms with Gasteiger partial charge in [-0.05, 0) is 54.8 Å². The van der Waals surface area contributed by atoms with E-state index in [2.05, 4.69) is 32.6 Å². The molecule has 2 N–H and O–H groups in total. The van der Waals surface area contributed by atoms with E-state index in [-0.39, 0.29) is 29.8 Å². The number of hydrogen-bond donors (Lipinski definition) is 2. The topological polar surface area (TPSA) is 82.0 Å². The fourth-order valence-electron chi connectivity index (χ4n) is 3.33. The molecule has 0 saturated carbocycles. The minimum atomic E-state index is -0.467. The van der Waals surface area contributed by atoms with Crippen LogP contribution in [0.4, 0.5) is 10.1 Å². The maximum atomic E-state index is 13.2. The molecule has 0 radical (unpaired) electrons. The average Bonchev–Trinajstić information content (AvgIpc) is 2.69. The molecule has 8 heteroatoms. The summed E-state index contributed by atoms with van der Waals surface area (Å²) >= 11 is 4.54. The summed E-state index contributed by atoms with van der Waals surface area (Å²) in [5, 5.41) is 15.6. The Bertz CT molecular complexity index is 1050. The highest BCUT2D eigenvalue weighted by Crippen LogP contribution is 2.36. The predicted octanol–water partition coefficient (Wildman–Crippen LogP) is 4.92. The molecule has 0 unspecified atom stereocenters. The van der Waals surface area contributed by atoms with Gasteiger partial charge in [-0.2, -0.15) is 5.26 Å². The summed E-state index contributed by atoms with van der Waals surface area (Å²) in [4.78, 5) is 24.7. The van der Waals surface area contributed by atoms with Gasteiger partial charge in [-0.3, -0.25) is 9.59 Å². The molecule has 0 saturated heterocycles. The summed E-state index contributed by atoms with van der Waals surface area (Å²) in [5.74, 6) is -1.30. The molecule has 0 bridgehead atoms. The molecule has 1 atom stereocenters. The van der Waals surface area contributed by atoms with E-state index in [1.807, 2.05) is 26.0 Å². The van der Waals surface area contributed by atoms with Crippen LogP contribution in [-0.4, -0.2) is 17.6 Å². The number of rotatable bonds is 5. The quantitative estimate of drug-likeness (QED) is 0.627. The van der Waals surface area contributed by atoms with Crippen molar-refractivity contribution in [3.8, 4) is 6.07 Å². The molecule has 1 aliphatic rings. The van der Waals surface area contributed by atoms with Crippen molar-refractivity contribution in [3.05, 3.63) is 74.0 Å². The normalized spacial score (nSPS) is 16.1. The Labute approximate surface area is 186 Å². The summed E-state index contributed by atoms with van der Waals surface area (Å²) in [6, 6.07) is 11.7. The standard InChI is InChI=1S/C22H19BrFN3O2S/c1-12-7-15(23)8-13(2)21(12)26-20(29)11-30-22-18(10-25)17(9-19(28)27-22)14-3-5-16(24)6-4-14/h3-8,17H,9,11H2,1-2H3,(H,26,29)(H,27,28)/t17-/m0/s1. The maximum absolute atomic E-state index is 13.2. The highest BCUT2D eigenvalue weighted by molar-refractivity contribution is 9.10.